The number of carboxylic acids is 1. The maximum atomic E-state index is 12.4. The lowest BCUT2D eigenvalue weighted by atomic mass is 9.98. The molecule has 148 valence electrons. The van der Waals surface area contributed by atoms with E-state index in [1.807, 2.05) is 36.4 Å². The van der Waals surface area contributed by atoms with Crippen LogP contribution < -0.4 is 5.32 Å². The number of aryl methyl sites for hydroxylation is 1. The minimum atomic E-state index is -1.02. The number of ether oxygens (including phenoxy) is 1. The first-order chi connectivity index (χ1) is 14.0. The molecule has 1 aliphatic carbocycles. The highest BCUT2D eigenvalue weighted by Gasteiger charge is 2.29. The lowest BCUT2D eigenvalue weighted by molar-refractivity contribution is -0.137. The van der Waals surface area contributed by atoms with E-state index in [4.69, 9.17) is 9.84 Å². The van der Waals surface area contributed by atoms with E-state index in [0.29, 0.717) is 5.56 Å². The second kappa shape index (κ2) is 7.79. The molecule has 0 saturated carbocycles. The Morgan fingerprint density at radius 3 is 2.31 bits per heavy atom. The number of benzene rings is 2. The van der Waals surface area contributed by atoms with E-state index in [9.17, 15) is 9.59 Å². The summed E-state index contributed by atoms with van der Waals surface area (Å²) in [4.78, 5) is 23.6. The van der Waals surface area contributed by atoms with Crippen LogP contribution >= 0.6 is 0 Å². The number of alkyl carbamates (subject to hydrolysis) is 1. The molecule has 7 nitrogen and oxygen atoms in total. The zero-order chi connectivity index (χ0) is 20.4. The SMILES string of the molecule is Cn1cc([C@H](CC(=O)O)NC(=O)OCC2c3ccccc3-c3ccccc32)cn1. The Labute approximate surface area is 167 Å². The van der Waals surface area contributed by atoms with Crippen molar-refractivity contribution in [3.63, 3.8) is 0 Å². The molecule has 0 radical (unpaired) electrons. The molecule has 0 bridgehead atoms. The van der Waals surface area contributed by atoms with Gasteiger partial charge in [-0.05, 0) is 22.3 Å². The average Bonchev–Trinajstić information content (AvgIpc) is 3.27. The number of hydrogen-bond acceptors (Lipinski definition) is 4. The first-order valence-corrected chi connectivity index (χ1v) is 9.35. The Bertz CT molecular complexity index is 1010. The van der Waals surface area contributed by atoms with Crippen molar-refractivity contribution >= 4 is 12.1 Å². The molecule has 0 unspecified atom stereocenters. The minimum absolute atomic E-state index is 0.0514. The number of amides is 1. The van der Waals surface area contributed by atoms with Crippen LogP contribution in [0.3, 0.4) is 0 Å². The molecule has 0 aliphatic heterocycles. The molecule has 3 aromatic rings. The van der Waals surface area contributed by atoms with E-state index in [2.05, 4.69) is 22.5 Å². The summed E-state index contributed by atoms with van der Waals surface area (Å²) in [5.41, 5.74) is 5.16. The number of rotatable bonds is 6. The summed E-state index contributed by atoms with van der Waals surface area (Å²) >= 11 is 0. The van der Waals surface area contributed by atoms with Gasteiger partial charge < -0.3 is 15.2 Å². The normalized spacial score (nSPS) is 13.4. The van der Waals surface area contributed by atoms with Gasteiger partial charge in [0.25, 0.3) is 0 Å². The number of fused-ring (bicyclic) bond motifs is 3. The van der Waals surface area contributed by atoms with Crippen molar-refractivity contribution in [2.45, 2.75) is 18.4 Å². The smallest absolute Gasteiger partial charge is 0.407 e. The number of carbonyl (C=O) groups excluding carboxylic acids is 1. The van der Waals surface area contributed by atoms with Crippen LogP contribution in [0.25, 0.3) is 11.1 Å². The van der Waals surface area contributed by atoms with Crippen LogP contribution in [0.15, 0.2) is 60.9 Å². The molecule has 2 aromatic carbocycles. The number of nitrogens with zero attached hydrogens (tertiary/aromatic N) is 2. The van der Waals surface area contributed by atoms with Gasteiger partial charge in [0.15, 0.2) is 0 Å². The first kappa shape index (κ1) is 18.7. The van der Waals surface area contributed by atoms with Crippen LogP contribution in [0.2, 0.25) is 0 Å². The van der Waals surface area contributed by atoms with Crippen molar-refractivity contribution in [1.82, 2.24) is 15.1 Å². The third-order valence-electron chi connectivity index (χ3n) is 5.14. The molecule has 0 saturated heterocycles. The largest absolute Gasteiger partial charge is 0.481 e. The number of aromatic nitrogens is 2. The lowest BCUT2D eigenvalue weighted by Crippen LogP contribution is -2.31. The third kappa shape index (κ3) is 3.85. The van der Waals surface area contributed by atoms with E-state index >= 15 is 0 Å². The first-order valence-electron chi connectivity index (χ1n) is 9.35. The Morgan fingerprint density at radius 2 is 1.76 bits per heavy atom. The highest BCUT2D eigenvalue weighted by atomic mass is 16.5. The second-order valence-corrected chi connectivity index (χ2v) is 7.07. The predicted molar refractivity (Wildman–Crippen MR) is 106 cm³/mol. The Kier molecular flexibility index (Phi) is 5.03. The van der Waals surface area contributed by atoms with E-state index < -0.39 is 18.1 Å². The van der Waals surface area contributed by atoms with E-state index in [1.54, 1.807) is 17.9 Å². The molecule has 1 heterocycles. The standard InChI is InChI=1S/C22H21N3O4/c1-25-12-14(11-23-25)20(10-21(26)27)24-22(28)29-13-19-17-8-4-2-6-15(17)16-7-3-5-9-18(16)19/h2-9,11-12,19-20H,10,13H2,1H3,(H,24,28)(H,26,27)/t20-/m0/s1. The quantitative estimate of drug-likeness (QED) is 0.671. The van der Waals surface area contributed by atoms with Crippen molar-refractivity contribution < 1.29 is 19.4 Å². The summed E-state index contributed by atoms with van der Waals surface area (Å²) in [6.07, 6.45) is 2.31. The third-order valence-corrected chi connectivity index (χ3v) is 5.14. The summed E-state index contributed by atoms with van der Waals surface area (Å²) in [5, 5.41) is 15.9. The van der Waals surface area contributed by atoms with Gasteiger partial charge in [0, 0.05) is 24.7 Å². The zero-order valence-electron chi connectivity index (χ0n) is 15.9. The molecule has 4 rings (SSSR count). The molecule has 0 spiro atoms. The molecule has 1 atom stereocenters. The van der Waals surface area contributed by atoms with Crippen LogP contribution in [0.1, 0.15) is 35.1 Å². The summed E-state index contributed by atoms with van der Waals surface area (Å²) in [6.45, 7) is 0.173. The molecule has 1 amide bonds. The van der Waals surface area contributed by atoms with Crippen molar-refractivity contribution in [1.29, 1.82) is 0 Å². The molecule has 0 fully saturated rings. The molecular formula is C22H21N3O4. The van der Waals surface area contributed by atoms with Crippen LogP contribution in [0.5, 0.6) is 0 Å². The summed E-state index contributed by atoms with van der Waals surface area (Å²) in [6, 6.07) is 15.5. The van der Waals surface area contributed by atoms with Gasteiger partial charge in [0.2, 0.25) is 0 Å². The molecule has 29 heavy (non-hydrogen) atoms. The van der Waals surface area contributed by atoms with Crippen LogP contribution in [-0.4, -0.2) is 33.6 Å². The number of carbonyl (C=O) groups is 2. The van der Waals surface area contributed by atoms with Crippen molar-refractivity contribution in [2.75, 3.05) is 6.61 Å². The van der Waals surface area contributed by atoms with Crippen LogP contribution in [0, 0.1) is 0 Å². The van der Waals surface area contributed by atoms with Gasteiger partial charge in [-0.1, -0.05) is 48.5 Å². The molecule has 1 aliphatic rings. The van der Waals surface area contributed by atoms with Crippen LogP contribution in [-0.2, 0) is 16.6 Å². The highest BCUT2D eigenvalue weighted by molar-refractivity contribution is 5.79. The van der Waals surface area contributed by atoms with E-state index in [0.717, 1.165) is 22.3 Å². The second-order valence-electron chi connectivity index (χ2n) is 7.07. The van der Waals surface area contributed by atoms with Gasteiger partial charge in [0.1, 0.15) is 6.61 Å². The van der Waals surface area contributed by atoms with Gasteiger partial charge >= 0.3 is 12.1 Å². The molecular weight excluding hydrogens is 370 g/mol. The maximum Gasteiger partial charge on any atom is 0.407 e. The molecule has 1 aromatic heterocycles. The number of aliphatic carboxylic acids is 1. The van der Waals surface area contributed by atoms with Gasteiger partial charge in [-0.15, -0.1) is 0 Å². The predicted octanol–water partition coefficient (Wildman–Crippen LogP) is 3.47. The van der Waals surface area contributed by atoms with Gasteiger partial charge in [-0.2, -0.15) is 5.10 Å². The lowest BCUT2D eigenvalue weighted by Gasteiger charge is -2.18. The summed E-state index contributed by atoms with van der Waals surface area (Å²) in [5.74, 6) is -1.07. The Balaban J connectivity index is 1.47. The number of carboxylic acid groups (broad SMARTS) is 1. The number of nitrogens with one attached hydrogen (secondary N) is 1. The van der Waals surface area contributed by atoms with E-state index in [1.165, 1.54) is 6.20 Å². The van der Waals surface area contributed by atoms with E-state index in [-0.39, 0.29) is 18.9 Å². The highest BCUT2D eigenvalue weighted by Crippen LogP contribution is 2.44. The average molecular weight is 391 g/mol. The molecule has 2 N–H and O–H groups in total. The monoisotopic (exact) mass is 391 g/mol. The maximum absolute atomic E-state index is 12.4. The summed E-state index contributed by atoms with van der Waals surface area (Å²) in [7, 11) is 1.73. The van der Waals surface area contributed by atoms with Gasteiger partial charge in [0.05, 0.1) is 18.7 Å². The molecule has 7 heteroatoms. The Morgan fingerprint density at radius 1 is 1.14 bits per heavy atom. The fraction of sp³-hybridized carbons (Fsp3) is 0.227. The van der Waals surface area contributed by atoms with Gasteiger partial charge in [-0.3, -0.25) is 9.48 Å². The van der Waals surface area contributed by atoms with Crippen LogP contribution in [0.4, 0.5) is 4.79 Å². The fourth-order valence-electron chi connectivity index (χ4n) is 3.83. The van der Waals surface area contributed by atoms with Crippen molar-refractivity contribution in [3.05, 3.63) is 77.6 Å². The van der Waals surface area contributed by atoms with Crippen molar-refractivity contribution in [3.8, 4) is 11.1 Å². The summed E-state index contributed by atoms with van der Waals surface area (Å²) < 4.78 is 7.07. The van der Waals surface area contributed by atoms with Gasteiger partial charge in [-0.25, -0.2) is 4.79 Å². The Hall–Kier alpha value is -3.61. The van der Waals surface area contributed by atoms with Crippen molar-refractivity contribution in [2.24, 2.45) is 7.05 Å². The number of hydrogen-bond donors (Lipinski definition) is 2. The zero-order valence-corrected chi connectivity index (χ0v) is 15.9. The minimum Gasteiger partial charge on any atom is -0.481 e. The fourth-order valence-corrected chi connectivity index (χ4v) is 3.83. The topological polar surface area (TPSA) is 93.5 Å².